The number of nitrogens with two attached hydrogens (primary N) is 1. The summed E-state index contributed by atoms with van der Waals surface area (Å²) in [5, 5.41) is 8.84. The predicted molar refractivity (Wildman–Crippen MR) is 62.1 cm³/mol. The Morgan fingerprint density at radius 1 is 1.59 bits per heavy atom. The number of amides is 1. The molecule has 92 valence electrons. The molecule has 0 saturated carbocycles. The van der Waals surface area contributed by atoms with Gasteiger partial charge in [-0.1, -0.05) is 0 Å². The Bertz CT molecular complexity index is 437. The number of fused-ring (bicyclic) bond motifs is 1. The minimum absolute atomic E-state index is 0.0541. The van der Waals surface area contributed by atoms with E-state index in [2.05, 4.69) is 0 Å². The lowest BCUT2D eigenvalue weighted by atomic mass is 10.1. The van der Waals surface area contributed by atoms with E-state index < -0.39 is 11.9 Å². The van der Waals surface area contributed by atoms with Crippen molar-refractivity contribution in [1.82, 2.24) is 0 Å². The molecule has 1 aromatic rings. The standard InChI is InChI=1S/C12H15FN2O2/c13-9-2-3-10-8(6-9)7-11(12(14)17)15(10)4-1-5-16/h2-3,6,11,16H,1,4-5,7H2,(H2,14,17). The Kier molecular flexibility index (Phi) is 3.28. The number of carbonyl (C=O) groups excluding carboxylic acids is 1. The molecule has 0 bridgehead atoms. The second-order valence-corrected chi connectivity index (χ2v) is 4.17. The number of anilines is 1. The molecule has 3 N–H and O–H groups in total. The Balaban J connectivity index is 2.29. The Morgan fingerprint density at radius 3 is 3.00 bits per heavy atom. The zero-order valence-corrected chi connectivity index (χ0v) is 9.40. The number of aliphatic hydroxyl groups is 1. The van der Waals surface area contributed by atoms with Crippen molar-refractivity contribution in [1.29, 1.82) is 0 Å². The second-order valence-electron chi connectivity index (χ2n) is 4.17. The lowest BCUT2D eigenvalue weighted by molar-refractivity contribution is -0.119. The average molecular weight is 238 g/mol. The van der Waals surface area contributed by atoms with Gasteiger partial charge in [0.25, 0.3) is 0 Å². The highest BCUT2D eigenvalue weighted by Crippen LogP contribution is 2.32. The summed E-state index contributed by atoms with van der Waals surface area (Å²) in [6, 6.07) is 4.03. The molecule has 0 aliphatic carbocycles. The summed E-state index contributed by atoms with van der Waals surface area (Å²) >= 11 is 0. The fraction of sp³-hybridized carbons (Fsp3) is 0.417. The number of halogens is 1. The third-order valence-electron chi connectivity index (χ3n) is 3.03. The predicted octanol–water partition coefficient (Wildman–Crippen LogP) is 0.424. The molecule has 5 heteroatoms. The van der Waals surface area contributed by atoms with Crippen molar-refractivity contribution < 1.29 is 14.3 Å². The van der Waals surface area contributed by atoms with Crippen molar-refractivity contribution in [3.63, 3.8) is 0 Å². The molecule has 1 aromatic carbocycles. The van der Waals surface area contributed by atoms with E-state index in [9.17, 15) is 9.18 Å². The number of benzene rings is 1. The van der Waals surface area contributed by atoms with E-state index in [0.717, 1.165) is 11.3 Å². The molecular formula is C12H15FN2O2. The zero-order chi connectivity index (χ0) is 12.4. The van der Waals surface area contributed by atoms with E-state index in [0.29, 0.717) is 19.4 Å². The first kappa shape index (κ1) is 11.9. The first-order valence-corrected chi connectivity index (χ1v) is 5.58. The third kappa shape index (κ3) is 2.24. The van der Waals surface area contributed by atoms with Gasteiger partial charge in [0.15, 0.2) is 0 Å². The summed E-state index contributed by atoms with van der Waals surface area (Å²) in [6.07, 6.45) is 0.994. The molecule has 1 aliphatic rings. The van der Waals surface area contributed by atoms with Crippen LogP contribution in [-0.2, 0) is 11.2 Å². The second kappa shape index (κ2) is 4.71. The summed E-state index contributed by atoms with van der Waals surface area (Å²) in [5.74, 6) is -0.726. The van der Waals surface area contributed by atoms with Gasteiger partial charge in [0.05, 0.1) is 0 Å². The van der Waals surface area contributed by atoms with E-state index in [1.807, 2.05) is 4.90 Å². The summed E-state index contributed by atoms with van der Waals surface area (Å²) in [7, 11) is 0. The maximum absolute atomic E-state index is 13.1. The normalized spacial score (nSPS) is 18.2. The Morgan fingerprint density at radius 2 is 2.35 bits per heavy atom. The van der Waals surface area contributed by atoms with Gasteiger partial charge in [0, 0.05) is 25.3 Å². The van der Waals surface area contributed by atoms with Crippen LogP contribution in [0.5, 0.6) is 0 Å². The van der Waals surface area contributed by atoms with E-state index in [1.165, 1.54) is 12.1 Å². The van der Waals surface area contributed by atoms with E-state index in [1.54, 1.807) is 6.07 Å². The molecule has 17 heavy (non-hydrogen) atoms. The number of rotatable bonds is 4. The third-order valence-corrected chi connectivity index (χ3v) is 3.03. The summed E-state index contributed by atoms with van der Waals surface area (Å²) < 4.78 is 13.1. The molecule has 0 spiro atoms. The molecule has 0 radical (unpaired) electrons. The summed E-state index contributed by atoms with van der Waals surface area (Å²) in [4.78, 5) is 13.2. The number of primary amides is 1. The molecule has 1 heterocycles. The van der Waals surface area contributed by atoms with Crippen LogP contribution in [0.25, 0.3) is 0 Å². The number of nitrogens with zero attached hydrogens (tertiary/aromatic N) is 1. The molecular weight excluding hydrogens is 223 g/mol. The lowest BCUT2D eigenvalue weighted by Crippen LogP contribution is -2.43. The Hall–Kier alpha value is -1.62. The summed E-state index contributed by atoms with van der Waals surface area (Å²) in [5.41, 5.74) is 6.98. The fourth-order valence-corrected chi connectivity index (χ4v) is 2.26. The topological polar surface area (TPSA) is 66.6 Å². The highest BCUT2D eigenvalue weighted by atomic mass is 19.1. The van der Waals surface area contributed by atoms with Gasteiger partial charge in [-0.3, -0.25) is 4.79 Å². The molecule has 2 rings (SSSR count). The molecule has 0 aromatic heterocycles. The van der Waals surface area contributed by atoms with Gasteiger partial charge in [-0.2, -0.15) is 0 Å². The molecule has 0 fully saturated rings. The van der Waals surface area contributed by atoms with Crippen LogP contribution in [-0.4, -0.2) is 30.2 Å². The zero-order valence-electron chi connectivity index (χ0n) is 9.40. The minimum Gasteiger partial charge on any atom is -0.396 e. The van der Waals surface area contributed by atoms with Gasteiger partial charge in [-0.05, 0) is 30.2 Å². The van der Waals surface area contributed by atoms with Gasteiger partial charge in [-0.25, -0.2) is 4.39 Å². The molecule has 1 atom stereocenters. The van der Waals surface area contributed by atoms with E-state index in [4.69, 9.17) is 10.8 Å². The largest absolute Gasteiger partial charge is 0.396 e. The average Bonchev–Trinajstić information content (AvgIpc) is 2.64. The van der Waals surface area contributed by atoms with Crippen LogP contribution < -0.4 is 10.6 Å². The number of hydrogen-bond donors (Lipinski definition) is 2. The van der Waals surface area contributed by atoms with Gasteiger partial charge in [-0.15, -0.1) is 0 Å². The molecule has 0 saturated heterocycles. The van der Waals surface area contributed by atoms with Crippen molar-refractivity contribution >= 4 is 11.6 Å². The minimum atomic E-state index is -0.432. The van der Waals surface area contributed by atoms with Gasteiger partial charge in [0.1, 0.15) is 11.9 Å². The highest BCUT2D eigenvalue weighted by molar-refractivity contribution is 5.86. The number of aliphatic hydroxyl groups excluding tert-OH is 1. The smallest absolute Gasteiger partial charge is 0.240 e. The SMILES string of the molecule is NC(=O)C1Cc2cc(F)ccc2N1CCCO. The lowest BCUT2D eigenvalue weighted by Gasteiger charge is -2.24. The molecule has 1 aliphatic heterocycles. The van der Waals surface area contributed by atoms with Crippen molar-refractivity contribution in [2.45, 2.75) is 18.9 Å². The Labute approximate surface area is 98.8 Å². The summed E-state index contributed by atoms with van der Waals surface area (Å²) in [6.45, 7) is 0.598. The maximum atomic E-state index is 13.1. The van der Waals surface area contributed by atoms with Crippen LogP contribution in [0.1, 0.15) is 12.0 Å². The maximum Gasteiger partial charge on any atom is 0.240 e. The van der Waals surface area contributed by atoms with Gasteiger partial charge >= 0.3 is 0 Å². The highest BCUT2D eigenvalue weighted by Gasteiger charge is 2.32. The van der Waals surface area contributed by atoms with Crippen LogP contribution in [0.2, 0.25) is 0 Å². The van der Waals surface area contributed by atoms with E-state index >= 15 is 0 Å². The molecule has 1 unspecified atom stereocenters. The fourth-order valence-electron chi connectivity index (χ4n) is 2.26. The van der Waals surface area contributed by atoms with Crippen LogP contribution in [0.15, 0.2) is 18.2 Å². The van der Waals surface area contributed by atoms with Crippen LogP contribution in [0.4, 0.5) is 10.1 Å². The van der Waals surface area contributed by atoms with Crippen molar-refractivity contribution in [3.8, 4) is 0 Å². The monoisotopic (exact) mass is 238 g/mol. The van der Waals surface area contributed by atoms with Gasteiger partial charge in [0.2, 0.25) is 5.91 Å². The number of carbonyl (C=O) groups is 1. The van der Waals surface area contributed by atoms with Crippen molar-refractivity contribution in [2.24, 2.45) is 5.73 Å². The molecule has 4 nitrogen and oxygen atoms in total. The first-order valence-electron chi connectivity index (χ1n) is 5.58. The van der Waals surface area contributed by atoms with Crippen LogP contribution >= 0.6 is 0 Å². The molecule has 1 amide bonds. The van der Waals surface area contributed by atoms with Gasteiger partial charge < -0.3 is 15.7 Å². The quantitative estimate of drug-likeness (QED) is 0.799. The number of hydrogen-bond acceptors (Lipinski definition) is 3. The van der Waals surface area contributed by atoms with Crippen molar-refractivity contribution in [3.05, 3.63) is 29.6 Å². The van der Waals surface area contributed by atoms with Crippen LogP contribution in [0, 0.1) is 5.82 Å². The van der Waals surface area contributed by atoms with Crippen LogP contribution in [0.3, 0.4) is 0 Å². The van der Waals surface area contributed by atoms with E-state index in [-0.39, 0.29) is 12.4 Å². The van der Waals surface area contributed by atoms with Crippen molar-refractivity contribution in [2.75, 3.05) is 18.1 Å². The first-order chi connectivity index (χ1) is 8.13.